The molecule has 0 aromatic heterocycles. The van der Waals surface area contributed by atoms with Gasteiger partial charge in [-0.05, 0) is 39.3 Å². The van der Waals surface area contributed by atoms with Gasteiger partial charge in [0.15, 0.2) is 0 Å². The van der Waals surface area contributed by atoms with Crippen LogP contribution < -0.4 is 5.32 Å². The maximum atomic E-state index is 11.0. The molecule has 0 spiro atoms. The van der Waals surface area contributed by atoms with E-state index in [1.54, 1.807) is 6.92 Å². The molecule has 0 aromatic rings. The fourth-order valence-electron chi connectivity index (χ4n) is 1.07. The van der Waals surface area contributed by atoms with Crippen LogP contribution in [0.4, 0.5) is 0 Å². The summed E-state index contributed by atoms with van der Waals surface area (Å²) in [5, 5.41) is 3.34. The van der Waals surface area contributed by atoms with Gasteiger partial charge >= 0.3 is 5.97 Å². The van der Waals surface area contributed by atoms with Crippen molar-refractivity contribution < 1.29 is 9.53 Å². The lowest BCUT2D eigenvalue weighted by Crippen LogP contribution is -2.17. The van der Waals surface area contributed by atoms with E-state index in [1.807, 2.05) is 0 Å². The monoisotopic (exact) mass is 213 g/mol. The van der Waals surface area contributed by atoms with Crippen LogP contribution in [0.25, 0.3) is 0 Å². The van der Waals surface area contributed by atoms with Crippen molar-refractivity contribution in [3.05, 3.63) is 12.2 Å². The molecular formula is C12H23NO2. The highest BCUT2D eigenvalue weighted by Gasteiger charge is 2.01. The predicted octanol–water partition coefficient (Wildman–Crippen LogP) is 2.28. The maximum absolute atomic E-state index is 11.0. The Bertz CT molecular complexity index is 190. The smallest absolute Gasteiger partial charge is 0.333 e. The molecule has 0 unspecified atom stereocenters. The molecule has 0 saturated heterocycles. The number of nitrogens with one attached hydrogen (secondary N) is 1. The highest BCUT2D eigenvalue weighted by Crippen LogP contribution is 1.95. The zero-order valence-electron chi connectivity index (χ0n) is 9.97. The van der Waals surface area contributed by atoms with Crippen LogP contribution in [0.15, 0.2) is 12.2 Å². The minimum atomic E-state index is -0.283. The van der Waals surface area contributed by atoms with E-state index in [9.17, 15) is 4.79 Å². The highest BCUT2D eigenvalue weighted by atomic mass is 16.5. The molecule has 0 aliphatic rings. The number of carbonyl (C=O) groups is 1. The summed E-state index contributed by atoms with van der Waals surface area (Å²) in [5.74, 6) is -0.283. The van der Waals surface area contributed by atoms with Crippen molar-refractivity contribution in [1.29, 1.82) is 0 Å². The zero-order chi connectivity index (χ0) is 11.5. The van der Waals surface area contributed by atoms with Gasteiger partial charge in [0.25, 0.3) is 0 Å². The third-order valence-corrected chi connectivity index (χ3v) is 2.04. The van der Waals surface area contributed by atoms with E-state index in [1.165, 1.54) is 12.8 Å². The predicted molar refractivity (Wildman–Crippen MR) is 62.8 cm³/mol. The molecule has 0 saturated carbocycles. The molecule has 15 heavy (non-hydrogen) atoms. The molecule has 3 nitrogen and oxygen atoms in total. The summed E-state index contributed by atoms with van der Waals surface area (Å²) in [6.07, 6.45) is 4.42. The molecule has 0 heterocycles. The molecule has 0 aliphatic heterocycles. The van der Waals surface area contributed by atoms with Crippen molar-refractivity contribution in [3.63, 3.8) is 0 Å². The summed E-state index contributed by atoms with van der Waals surface area (Å²) in [5.41, 5.74) is 0.469. The standard InChI is InChI=1S/C12H23NO2/c1-4-5-8-13-9-6-7-10-15-12(14)11(2)3/h13H,2,4-10H2,1,3H3. The van der Waals surface area contributed by atoms with Gasteiger partial charge in [-0.3, -0.25) is 0 Å². The van der Waals surface area contributed by atoms with Crippen LogP contribution in [0, 0.1) is 0 Å². The third-order valence-electron chi connectivity index (χ3n) is 2.04. The van der Waals surface area contributed by atoms with Gasteiger partial charge in [-0.25, -0.2) is 4.79 Å². The van der Waals surface area contributed by atoms with Gasteiger partial charge in [0.1, 0.15) is 0 Å². The number of hydrogen-bond donors (Lipinski definition) is 1. The largest absolute Gasteiger partial charge is 0.462 e. The van der Waals surface area contributed by atoms with E-state index < -0.39 is 0 Å². The second kappa shape index (κ2) is 9.71. The summed E-state index contributed by atoms with van der Waals surface area (Å²) in [7, 11) is 0. The number of unbranched alkanes of at least 4 members (excludes halogenated alkanes) is 2. The van der Waals surface area contributed by atoms with Crippen molar-refractivity contribution in [2.75, 3.05) is 19.7 Å². The molecule has 3 heteroatoms. The van der Waals surface area contributed by atoms with Crippen LogP contribution in [0.5, 0.6) is 0 Å². The van der Waals surface area contributed by atoms with Crippen molar-refractivity contribution in [2.45, 2.75) is 39.5 Å². The number of carbonyl (C=O) groups excluding carboxylic acids is 1. The van der Waals surface area contributed by atoms with Gasteiger partial charge in [-0.1, -0.05) is 19.9 Å². The Hall–Kier alpha value is -0.830. The Morgan fingerprint density at radius 3 is 2.53 bits per heavy atom. The Morgan fingerprint density at radius 2 is 1.93 bits per heavy atom. The van der Waals surface area contributed by atoms with Crippen molar-refractivity contribution in [3.8, 4) is 0 Å². The maximum Gasteiger partial charge on any atom is 0.333 e. The molecule has 0 bridgehead atoms. The Balaban J connectivity index is 3.11. The third kappa shape index (κ3) is 9.47. The van der Waals surface area contributed by atoms with E-state index >= 15 is 0 Å². The SMILES string of the molecule is C=C(C)C(=O)OCCCCNCCCC. The Kier molecular flexibility index (Phi) is 9.18. The lowest BCUT2D eigenvalue weighted by Gasteiger charge is -2.05. The van der Waals surface area contributed by atoms with Gasteiger partial charge in [0, 0.05) is 5.57 Å². The molecule has 0 aliphatic carbocycles. The van der Waals surface area contributed by atoms with E-state index in [0.717, 1.165) is 25.9 Å². The quantitative estimate of drug-likeness (QED) is 0.363. The van der Waals surface area contributed by atoms with Gasteiger partial charge in [-0.2, -0.15) is 0 Å². The molecule has 0 amide bonds. The second-order valence-corrected chi connectivity index (χ2v) is 3.73. The normalized spacial score (nSPS) is 10.0. The number of hydrogen-bond acceptors (Lipinski definition) is 3. The summed E-state index contributed by atoms with van der Waals surface area (Å²) < 4.78 is 4.96. The minimum absolute atomic E-state index is 0.283. The van der Waals surface area contributed by atoms with Crippen LogP contribution >= 0.6 is 0 Å². The second-order valence-electron chi connectivity index (χ2n) is 3.73. The van der Waals surface area contributed by atoms with E-state index in [4.69, 9.17) is 4.74 Å². The highest BCUT2D eigenvalue weighted by molar-refractivity contribution is 5.86. The van der Waals surface area contributed by atoms with Crippen LogP contribution in [0.2, 0.25) is 0 Å². The van der Waals surface area contributed by atoms with Crippen LogP contribution in [0.1, 0.15) is 39.5 Å². The lowest BCUT2D eigenvalue weighted by atomic mass is 10.3. The Morgan fingerprint density at radius 1 is 1.27 bits per heavy atom. The first-order chi connectivity index (χ1) is 7.18. The molecule has 0 aromatic carbocycles. The molecular weight excluding hydrogens is 190 g/mol. The zero-order valence-corrected chi connectivity index (χ0v) is 9.97. The van der Waals surface area contributed by atoms with E-state index in [0.29, 0.717) is 12.2 Å². The first kappa shape index (κ1) is 14.2. The molecule has 1 N–H and O–H groups in total. The molecule has 0 fully saturated rings. The van der Waals surface area contributed by atoms with Gasteiger partial charge in [0.05, 0.1) is 6.61 Å². The average Bonchev–Trinajstić information content (AvgIpc) is 2.21. The van der Waals surface area contributed by atoms with E-state index in [2.05, 4.69) is 18.8 Å². The number of esters is 1. The van der Waals surface area contributed by atoms with E-state index in [-0.39, 0.29) is 5.97 Å². The fourth-order valence-corrected chi connectivity index (χ4v) is 1.07. The summed E-state index contributed by atoms with van der Waals surface area (Å²) in [6, 6.07) is 0. The molecule has 88 valence electrons. The fraction of sp³-hybridized carbons (Fsp3) is 0.750. The molecule has 0 radical (unpaired) electrons. The summed E-state index contributed by atoms with van der Waals surface area (Å²) in [6.45, 7) is 9.95. The minimum Gasteiger partial charge on any atom is -0.462 e. The van der Waals surface area contributed by atoms with Crippen molar-refractivity contribution in [2.24, 2.45) is 0 Å². The average molecular weight is 213 g/mol. The number of rotatable bonds is 9. The topological polar surface area (TPSA) is 38.3 Å². The van der Waals surface area contributed by atoms with Gasteiger partial charge in [-0.15, -0.1) is 0 Å². The van der Waals surface area contributed by atoms with Gasteiger partial charge < -0.3 is 10.1 Å². The van der Waals surface area contributed by atoms with Crippen molar-refractivity contribution in [1.82, 2.24) is 5.32 Å². The van der Waals surface area contributed by atoms with Gasteiger partial charge in [0.2, 0.25) is 0 Å². The van der Waals surface area contributed by atoms with Crippen LogP contribution in [0.3, 0.4) is 0 Å². The van der Waals surface area contributed by atoms with Crippen LogP contribution in [-0.2, 0) is 9.53 Å². The first-order valence-electron chi connectivity index (χ1n) is 5.71. The summed E-state index contributed by atoms with van der Waals surface area (Å²) >= 11 is 0. The molecule has 0 atom stereocenters. The Labute approximate surface area is 92.9 Å². The van der Waals surface area contributed by atoms with Crippen LogP contribution in [-0.4, -0.2) is 25.7 Å². The number of ether oxygens (including phenoxy) is 1. The van der Waals surface area contributed by atoms with Crippen molar-refractivity contribution >= 4 is 5.97 Å². The summed E-state index contributed by atoms with van der Waals surface area (Å²) in [4.78, 5) is 11.0. The lowest BCUT2D eigenvalue weighted by molar-refractivity contribution is -0.139. The molecule has 0 rings (SSSR count). The first-order valence-corrected chi connectivity index (χ1v) is 5.71.